The van der Waals surface area contributed by atoms with Crippen molar-refractivity contribution in [2.24, 2.45) is 0 Å². The molecule has 0 spiro atoms. The molecular weight excluding hydrogens is 226 g/mol. The fourth-order valence-corrected chi connectivity index (χ4v) is 2.15. The van der Waals surface area contributed by atoms with E-state index < -0.39 is 0 Å². The summed E-state index contributed by atoms with van der Waals surface area (Å²) in [5.41, 5.74) is 2.08. The van der Waals surface area contributed by atoms with Crippen LogP contribution in [0.4, 0.5) is 0 Å². The summed E-state index contributed by atoms with van der Waals surface area (Å²) in [6.45, 7) is 6.25. The van der Waals surface area contributed by atoms with Gasteiger partial charge in [-0.3, -0.25) is 0 Å². The molecule has 1 heterocycles. The molecule has 0 saturated carbocycles. The van der Waals surface area contributed by atoms with Crippen LogP contribution in [0.25, 0.3) is 11.0 Å². The second-order valence-corrected chi connectivity index (χ2v) is 4.62. The molecule has 0 amide bonds. The predicted octanol–water partition coefficient (Wildman–Crippen LogP) is 1.71. The maximum absolute atomic E-state index is 10.0. The molecule has 0 fully saturated rings. The van der Waals surface area contributed by atoms with Crippen LogP contribution in [-0.4, -0.2) is 33.9 Å². The Morgan fingerprint density at radius 3 is 2.94 bits per heavy atom. The number of hydrogen-bond donors (Lipinski definition) is 2. The first kappa shape index (κ1) is 13.1. The summed E-state index contributed by atoms with van der Waals surface area (Å²) in [7, 11) is 0. The highest BCUT2D eigenvalue weighted by atomic mass is 16.3. The number of nitrogens with zero attached hydrogens (tertiary/aromatic N) is 2. The van der Waals surface area contributed by atoms with E-state index in [1.54, 1.807) is 0 Å². The number of aromatic nitrogens is 2. The number of fused-ring (bicyclic) bond motifs is 1. The van der Waals surface area contributed by atoms with Crippen LogP contribution < -0.4 is 5.32 Å². The van der Waals surface area contributed by atoms with E-state index >= 15 is 0 Å². The van der Waals surface area contributed by atoms with Gasteiger partial charge in [0.15, 0.2) is 0 Å². The molecule has 4 nitrogen and oxygen atoms in total. The highest BCUT2D eigenvalue weighted by molar-refractivity contribution is 5.75. The molecule has 98 valence electrons. The molecule has 0 radical (unpaired) electrons. The minimum Gasteiger partial charge on any atom is -0.390 e. The van der Waals surface area contributed by atoms with Gasteiger partial charge in [0.25, 0.3) is 0 Å². The molecule has 0 aliphatic carbocycles. The molecule has 2 aromatic rings. The largest absolute Gasteiger partial charge is 0.390 e. The first-order valence-corrected chi connectivity index (χ1v) is 6.53. The minimum absolute atomic E-state index is 0.382. The number of aliphatic hydroxyl groups is 1. The van der Waals surface area contributed by atoms with Crippen molar-refractivity contribution < 1.29 is 5.11 Å². The van der Waals surface area contributed by atoms with E-state index in [0.29, 0.717) is 13.1 Å². The van der Waals surface area contributed by atoms with Crippen LogP contribution >= 0.6 is 0 Å². The number of aryl methyl sites for hydroxylation is 1. The van der Waals surface area contributed by atoms with Gasteiger partial charge in [0, 0.05) is 6.54 Å². The Hall–Kier alpha value is -1.39. The van der Waals surface area contributed by atoms with Gasteiger partial charge in [-0.05, 0) is 32.0 Å². The zero-order valence-electron chi connectivity index (χ0n) is 11.1. The molecule has 0 saturated heterocycles. The molecule has 2 N–H and O–H groups in total. The van der Waals surface area contributed by atoms with Gasteiger partial charge in [0.05, 0.1) is 23.7 Å². The Kier molecular flexibility index (Phi) is 4.33. The van der Waals surface area contributed by atoms with E-state index in [4.69, 9.17) is 0 Å². The van der Waals surface area contributed by atoms with Gasteiger partial charge in [-0.25, -0.2) is 4.98 Å². The summed E-state index contributed by atoms with van der Waals surface area (Å²) in [4.78, 5) is 4.49. The zero-order valence-corrected chi connectivity index (χ0v) is 11.1. The van der Waals surface area contributed by atoms with Crippen molar-refractivity contribution in [1.82, 2.24) is 14.9 Å². The van der Waals surface area contributed by atoms with Gasteiger partial charge < -0.3 is 15.0 Å². The average molecular weight is 247 g/mol. The van der Waals surface area contributed by atoms with Crippen molar-refractivity contribution in [3.63, 3.8) is 0 Å². The fourth-order valence-electron chi connectivity index (χ4n) is 2.15. The predicted molar refractivity (Wildman–Crippen MR) is 73.6 cm³/mol. The Balaban J connectivity index is 2.08. The van der Waals surface area contributed by atoms with Gasteiger partial charge in [-0.15, -0.1) is 0 Å². The average Bonchev–Trinajstić information content (AvgIpc) is 2.67. The van der Waals surface area contributed by atoms with E-state index in [1.807, 2.05) is 31.2 Å². The smallest absolute Gasteiger partial charge is 0.106 e. The van der Waals surface area contributed by atoms with Crippen molar-refractivity contribution in [3.8, 4) is 0 Å². The number of aliphatic hydroxyl groups excluding tert-OH is 1. The van der Waals surface area contributed by atoms with Crippen LogP contribution in [0, 0.1) is 6.92 Å². The number of benzene rings is 1. The van der Waals surface area contributed by atoms with Gasteiger partial charge in [-0.1, -0.05) is 19.1 Å². The van der Waals surface area contributed by atoms with Crippen LogP contribution in [0.1, 0.15) is 19.2 Å². The third-order valence-electron chi connectivity index (χ3n) is 3.05. The normalized spacial score (nSPS) is 13.1. The molecule has 1 aromatic heterocycles. The topological polar surface area (TPSA) is 50.1 Å². The standard InChI is InChI=1S/C14H21N3O/c1-3-8-15-9-12(18)10-17-11(2)16-13-6-4-5-7-14(13)17/h4-7,12,15,18H,3,8-10H2,1-2H3. The quantitative estimate of drug-likeness (QED) is 0.764. The summed E-state index contributed by atoms with van der Waals surface area (Å²) in [5.74, 6) is 0.950. The minimum atomic E-state index is -0.382. The summed E-state index contributed by atoms with van der Waals surface area (Å²) in [6.07, 6.45) is 0.701. The first-order chi connectivity index (χ1) is 8.72. The zero-order chi connectivity index (χ0) is 13.0. The first-order valence-electron chi connectivity index (χ1n) is 6.53. The molecule has 1 unspecified atom stereocenters. The van der Waals surface area contributed by atoms with Crippen molar-refractivity contribution in [2.45, 2.75) is 32.9 Å². The van der Waals surface area contributed by atoms with E-state index in [0.717, 1.165) is 29.8 Å². The van der Waals surface area contributed by atoms with Crippen LogP contribution in [0.15, 0.2) is 24.3 Å². The van der Waals surface area contributed by atoms with Crippen molar-refractivity contribution in [2.75, 3.05) is 13.1 Å². The second kappa shape index (κ2) is 5.98. The third-order valence-corrected chi connectivity index (χ3v) is 3.05. The SMILES string of the molecule is CCCNCC(O)Cn1c(C)nc2ccccc21. The highest BCUT2D eigenvalue weighted by Crippen LogP contribution is 2.15. The Morgan fingerprint density at radius 1 is 1.39 bits per heavy atom. The van der Waals surface area contributed by atoms with E-state index in [2.05, 4.69) is 21.8 Å². The summed E-state index contributed by atoms with van der Waals surface area (Å²) >= 11 is 0. The van der Waals surface area contributed by atoms with Crippen molar-refractivity contribution >= 4 is 11.0 Å². The lowest BCUT2D eigenvalue weighted by Crippen LogP contribution is -2.30. The van der Waals surface area contributed by atoms with Gasteiger partial charge in [-0.2, -0.15) is 0 Å². The number of imidazole rings is 1. The number of hydrogen-bond acceptors (Lipinski definition) is 3. The lowest BCUT2D eigenvalue weighted by molar-refractivity contribution is 0.152. The van der Waals surface area contributed by atoms with Crippen molar-refractivity contribution in [3.05, 3.63) is 30.1 Å². The van der Waals surface area contributed by atoms with E-state index in [9.17, 15) is 5.11 Å². The maximum atomic E-state index is 10.0. The summed E-state index contributed by atoms with van der Waals surface area (Å²) < 4.78 is 2.08. The number of para-hydroxylation sites is 2. The number of nitrogens with one attached hydrogen (secondary N) is 1. The molecule has 0 bridgehead atoms. The molecule has 2 rings (SSSR count). The Morgan fingerprint density at radius 2 is 2.17 bits per heavy atom. The third kappa shape index (κ3) is 2.89. The molecule has 0 aliphatic rings. The lowest BCUT2D eigenvalue weighted by Gasteiger charge is -2.14. The van der Waals surface area contributed by atoms with E-state index in [1.165, 1.54) is 0 Å². The maximum Gasteiger partial charge on any atom is 0.106 e. The Bertz CT molecular complexity index is 507. The summed E-state index contributed by atoms with van der Waals surface area (Å²) in [5, 5.41) is 13.3. The van der Waals surface area contributed by atoms with Gasteiger partial charge in [0.1, 0.15) is 5.82 Å². The summed E-state index contributed by atoms with van der Waals surface area (Å²) in [6, 6.07) is 8.03. The van der Waals surface area contributed by atoms with Gasteiger partial charge in [0.2, 0.25) is 0 Å². The molecule has 1 aromatic carbocycles. The monoisotopic (exact) mass is 247 g/mol. The van der Waals surface area contributed by atoms with Crippen LogP contribution in [0.3, 0.4) is 0 Å². The Labute approximate surface area is 108 Å². The van der Waals surface area contributed by atoms with Crippen LogP contribution in [0.5, 0.6) is 0 Å². The van der Waals surface area contributed by atoms with Crippen LogP contribution in [-0.2, 0) is 6.54 Å². The fraction of sp³-hybridized carbons (Fsp3) is 0.500. The molecular formula is C14H21N3O. The van der Waals surface area contributed by atoms with Crippen molar-refractivity contribution in [1.29, 1.82) is 0 Å². The number of rotatable bonds is 6. The van der Waals surface area contributed by atoms with E-state index in [-0.39, 0.29) is 6.10 Å². The lowest BCUT2D eigenvalue weighted by atomic mass is 10.3. The van der Waals surface area contributed by atoms with Gasteiger partial charge >= 0.3 is 0 Å². The second-order valence-electron chi connectivity index (χ2n) is 4.62. The van der Waals surface area contributed by atoms with Crippen LogP contribution in [0.2, 0.25) is 0 Å². The molecule has 4 heteroatoms. The molecule has 0 aliphatic heterocycles. The molecule has 1 atom stereocenters. The highest BCUT2D eigenvalue weighted by Gasteiger charge is 2.10. The molecule has 18 heavy (non-hydrogen) atoms.